The molecule has 5 N–H and O–H groups in total. The summed E-state index contributed by atoms with van der Waals surface area (Å²) in [6, 6.07) is 8.99. The summed E-state index contributed by atoms with van der Waals surface area (Å²) < 4.78 is 0. The summed E-state index contributed by atoms with van der Waals surface area (Å²) in [5.41, 5.74) is 6.19. The molecule has 0 radical (unpaired) electrons. The smallest absolute Gasteiger partial charge is 0.337 e. The van der Waals surface area contributed by atoms with Gasteiger partial charge in [0.1, 0.15) is 11.5 Å². The maximum atomic E-state index is 11.0. The van der Waals surface area contributed by atoms with Crippen molar-refractivity contribution in [2.75, 3.05) is 5.73 Å². The SMILES string of the molecule is Nc1c(O)cc(-c2cccc(O)c2)cc1C(=O)O. The maximum Gasteiger partial charge on any atom is 0.337 e. The normalized spacial score (nSPS) is 10.2. The van der Waals surface area contributed by atoms with Crippen LogP contribution in [0, 0.1) is 0 Å². The molecule has 0 aromatic heterocycles. The number of carbonyl (C=O) groups is 1. The highest BCUT2D eigenvalue weighted by Crippen LogP contribution is 2.32. The third kappa shape index (κ3) is 2.06. The zero-order chi connectivity index (χ0) is 13.3. The molecule has 2 aromatic carbocycles. The van der Waals surface area contributed by atoms with Gasteiger partial charge in [-0.2, -0.15) is 0 Å². The summed E-state index contributed by atoms with van der Waals surface area (Å²) in [4.78, 5) is 11.0. The number of aromatic hydroxyl groups is 2. The number of carboxylic acid groups (broad SMARTS) is 1. The van der Waals surface area contributed by atoms with Crippen molar-refractivity contribution in [1.82, 2.24) is 0 Å². The van der Waals surface area contributed by atoms with Crippen molar-refractivity contribution >= 4 is 11.7 Å². The first-order valence-electron chi connectivity index (χ1n) is 5.14. The van der Waals surface area contributed by atoms with Crippen LogP contribution in [0.4, 0.5) is 5.69 Å². The number of phenolic OH excluding ortho intramolecular Hbond substituents is 2. The number of nitrogen functional groups attached to an aromatic ring is 1. The Hall–Kier alpha value is -2.69. The summed E-state index contributed by atoms with van der Waals surface area (Å²) in [5, 5.41) is 28.0. The van der Waals surface area contributed by atoms with Gasteiger partial charge in [-0.25, -0.2) is 4.79 Å². The second-order valence-corrected chi connectivity index (χ2v) is 3.81. The molecule has 2 rings (SSSR count). The number of anilines is 1. The van der Waals surface area contributed by atoms with Gasteiger partial charge in [-0.1, -0.05) is 12.1 Å². The van der Waals surface area contributed by atoms with E-state index < -0.39 is 5.97 Å². The molecule has 0 atom stereocenters. The van der Waals surface area contributed by atoms with E-state index in [1.54, 1.807) is 12.1 Å². The quantitative estimate of drug-likeness (QED) is 0.479. The predicted octanol–water partition coefficient (Wildman–Crippen LogP) is 2.05. The first-order valence-corrected chi connectivity index (χ1v) is 5.14. The number of hydrogen-bond acceptors (Lipinski definition) is 4. The summed E-state index contributed by atoms with van der Waals surface area (Å²) >= 11 is 0. The molecule has 0 spiro atoms. The van der Waals surface area contributed by atoms with Crippen LogP contribution in [0.25, 0.3) is 11.1 Å². The van der Waals surface area contributed by atoms with Crippen molar-refractivity contribution in [2.45, 2.75) is 0 Å². The van der Waals surface area contributed by atoms with E-state index in [1.165, 1.54) is 24.3 Å². The van der Waals surface area contributed by atoms with Crippen LogP contribution in [0.5, 0.6) is 11.5 Å². The minimum absolute atomic E-state index is 0.0562. The minimum Gasteiger partial charge on any atom is -0.508 e. The largest absolute Gasteiger partial charge is 0.508 e. The second kappa shape index (κ2) is 4.29. The zero-order valence-corrected chi connectivity index (χ0v) is 9.29. The number of rotatable bonds is 2. The van der Waals surface area contributed by atoms with E-state index in [1.807, 2.05) is 0 Å². The Balaban J connectivity index is 2.63. The number of phenols is 2. The zero-order valence-electron chi connectivity index (χ0n) is 9.29. The highest BCUT2D eigenvalue weighted by Gasteiger charge is 2.14. The summed E-state index contributed by atoms with van der Waals surface area (Å²) in [5.74, 6) is -1.46. The number of benzene rings is 2. The van der Waals surface area contributed by atoms with Gasteiger partial charge < -0.3 is 21.1 Å². The summed E-state index contributed by atoms with van der Waals surface area (Å²) in [7, 11) is 0. The minimum atomic E-state index is -1.22. The fourth-order valence-corrected chi connectivity index (χ4v) is 1.67. The lowest BCUT2D eigenvalue weighted by molar-refractivity contribution is 0.0697. The second-order valence-electron chi connectivity index (χ2n) is 3.81. The van der Waals surface area contributed by atoms with Crippen LogP contribution in [0.2, 0.25) is 0 Å². The van der Waals surface area contributed by atoms with Gasteiger partial charge in [-0.15, -0.1) is 0 Å². The van der Waals surface area contributed by atoms with Crippen LogP contribution in [0.1, 0.15) is 10.4 Å². The van der Waals surface area contributed by atoms with Gasteiger partial charge in [-0.05, 0) is 35.4 Å². The van der Waals surface area contributed by atoms with E-state index in [0.717, 1.165) is 0 Å². The topological polar surface area (TPSA) is 104 Å². The van der Waals surface area contributed by atoms with E-state index in [9.17, 15) is 15.0 Å². The highest BCUT2D eigenvalue weighted by atomic mass is 16.4. The third-order valence-electron chi connectivity index (χ3n) is 2.57. The van der Waals surface area contributed by atoms with Crippen molar-refractivity contribution in [3.8, 4) is 22.6 Å². The third-order valence-corrected chi connectivity index (χ3v) is 2.57. The highest BCUT2D eigenvalue weighted by molar-refractivity contribution is 5.97. The molecule has 5 heteroatoms. The van der Waals surface area contributed by atoms with Gasteiger partial charge in [0.2, 0.25) is 0 Å². The molecule has 0 amide bonds. The van der Waals surface area contributed by atoms with Crippen LogP contribution in [0.3, 0.4) is 0 Å². The van der Waals surface area contributed by atoms with Crippen molar-refractivity contribution in [1.29, 1.82) is 0 Å². The lowest BCUT2D eigenvalue weighted by Gasteiger charge is -2.08. The first-order chi connectivity index (χ1) is 8.49. The van der Waals surface area contributed by atoms with E-state index in [4.69, 9.17) is 10.8 Å². The standard InChI is InChI=1S/C13H11NO4/c14-12-10(13(17)18)5-8(6-11(12)16)7-2-1-3-9(15)4-7/h1-6,15-16H,14H2,(H,17,18). The Morgan fingerprint density at radius 2 is 1.78 bits per heavy atom. The Bertz CT molecular complexity index is 622. The molecule has 0 aliphatic heterocycles. The molecule has 0 saturated carbocycles. The Morgan fingerprint density at radius 3 is 2.39 bits per heavy atom. The molecule has 0 aliphatic rings. The summed E-state index contributed by atoms with van der Waals surface area (Å²) in [6.07, 6.45) is 0. The molecule has 0 bridgehead atoms. The van der Waals surface area contributed by atoms with Gasteiger partial charge in [0, 0.05) is 0 Å². The molecule has 18 heavy (non-hydrogen) atoms. The molecular weight excluding hydrogens is 234 g/mol. The van der Waals surface area contributed by atoms with Crippen LogP contribution < -0.4 is 5.73 Å². The number of carboxylic acids is 1. The van der Waals surface area contributed by atoms with Crippen molar-refractivity contribution in [3.63, 3.8) is 0 Å². The predicted molar refractivity (Wildman–Crippen MR) is 66.6 cm³/mol. The fraction of sp³-hybridized carbons (Fsp3) is 0. The molecule has 0 aliphatic carbocycles. The van der Waals surface area contributed by atoms with E-state index in [-0.39, 0.29) is 22.7 Å². The Morgan fingerprint density at radius 1 is 1.06 bits per heavy atom. The summed E-state index contributed by atoms with van der Waals surface area (Å²) in [6.45, 7) is 0. The van der Waals surface area contributed by atoms with Gasteiger partial charge in [0.15, 0.2) is 0 Å². The van der Waals surface area contributed by atoms with E-state index >= 15 is 0 Å². The molecule has 0 unspecified atom stereocenters. The van der Waals surface area contributed by atoms with E-state index in [0.29, 0.717) is 11.1 Å². The number of hydrogen-bond donors (Lipinski definition) is 4. The Labute approximate surface area is 103 Å². The van der Waals surface area contributed by atoms with Gasteiger partial charge in [0.25, 0.3) is 0 Å². The average molecular weight is 245 g/mol. The molecular formula is C13H11NO4. The lowest BCUT2D eigenvalue weighted by atomic mass is 10.0. The lowest BCUT2D eigenvalue weighted by Crippen LogP contribution is -2.02. The van der Waals surface area contributed by atoms with Crippen LogP contribution >= 0.6 is 0 Å². The van der Waals surface area contributed by atoms with Crippen LogP contribution in [-0.4, -0.2) is 21.3 Å². The Kier molecular flexibility index (Phi) is 2.81. The van der Waals surface area contributed by atoms with Crippen LogP contribution in [-0.2, 0) is 0 Å². The van der Waals surface area contributed by atoms with Crippen molar-refractivity contribution in [2.24, 2.45) is 0 Å². The fourth-order valence-electron chi connectivity index (χ4n) is 1.67. The van der Waals surface area contributed by atoms with Gasteiger partial charge >= 0.3 is 5.97 Å². The molecule has 0 heterocycles. The van der Waals surface area contributed by atoms with Crippen molar-refractivity contribution < 1.29 is 20.1 Å². The molecule has 5 nitrogen and oxygen atoms in total. The molecule has 92 valence electrons. The van der Waals surface area contributed by atoms with Crippen molar-refractivity contribution in [3.05, 3.63) is 42.0 Å². The van der Waals surface area contributed by atoms with Gasteiger partial charge in [0.05, 0.1) is 11.3 Å². The average Bonchev–Trinajstić information content (AvgIpc) is 2.32. The number of nitrogens with two attached hydrogens (primary N) is 1. The van der Waals surface area contributed by atoms with Gasteiger partial charge in [-0.3, -0.25) is 0 Å². The molecule has 0 fully saturated rings. The molecule has 0 saturated heterocycles. The maximum absolute atomic E-state index is 11.0. The molecule has 2 aromatic rings. The van der Waals surface area contributed by atoms with E-state index in [2.05, 4.69) is 0 Å². The first kappa shape index (κ1) is 11.8. The monoisotopic (exact) mass is 245 g/mol. The van der Waals surface area contributed by atoms with Crippen LogP contribution in [0.15, 0.2) is 36.4 Å². The number of aromatic carboxylic acids is 1.